The zero-order valence-corrected chi connectivity index (χ0v) is 12.3. The molecule has 0 saturated heterocycles. The van der Waals surface area contributed by atoms with Gasteiger partial charge in [0.2, 0.25) is 15.9 Å². The lowest BCUT2D eigenvalue weighted by Crippen LogP contribution is -2.31. The Morgan fingerprint density at radius 1 is 1.26 bits per heavy atom. The molecule has 0 aliphatic heterocycles. The molecule has 6 heteroatoms. The second kappa shape index (κ2) is 6.56. The Labute approximate surface area is 114 Å². The lowest BCUT2D eigenvalue weighted by Gasteiger charge is -2.22. The summed E-state index contributed by atoms with van der Waals surface area (Å²) in [6.45, 7) is 2.25. The summed E-state index contributed by atoms with van der Waals surface area (Å²) >= 11 is 0. The zero-order chi connectivity index (χ0) is 14.5. The molecule has 0 spiro atoms. The molecule has 1 N–H and O–H groups in total. The number of nitrogens with one attached hydrogen (secondary N) is 1. The predicted octanol–water partition coefficient (Wildman–Crippen LogP) is 1.29. The number of carbonyl (C=O) groups is 1. The van der Waals surface area contributed by atoms with E-state index in [1.807, 2.05) is 19.1 Å². The van der Waals surface area contributed by atoms with Crippen molar-refractivity contribution in [2.24, 2.45) is 0 Å². The van der Waals surface area contributed by atoms with Crippen molar-refractivity contribution in [1.82, 2.24) is 5.32 Å². The first kappa shape index (κ1) is 15.5. The average Bonchev–Trinajstić information content (AvgIpc) is 2.34. The molecule has 1 aromatic rings. The van der Waals surface area contributed by atoms with Crippen LogP contribution < -0.4 is 9.62 Å². The third-order valence-corrected chi connectivity index (χ3v) is 3.96. The van der Waals surface area contributed by atoms with Crippen molar-refractivity contribution in [2.75, 3.05) is 24.2 Å². The van der Waals surface area contributed by atoms with E-state index < -0.39 is 10.0 Å². The maximum atomic E-state index is 11.8. The van der Waals surface area contributed by atoms with Gasteiger partial charge in [-0.2, -0.15) is 0 Å². The number of rotatable bonds is 6. The van der Waals surface area contributed by atoms with Crippen molar-refractivity contribution >= 4 is 21.6 Å². The molecule has 0 bridgehead atoms. The molecule has 0 fully saturated rings. The standard InChI is InChI=1S/C13H20N2O3S/c1-11-6-8-12(9-7-11)15(19(3,17)18)10-4-5-13(16)14-2/h6-9H,4-5,10H2,1-3H3,(H,14,16). The van der Waals surface area contributed by atoms with Gasteiger partial charge in [0, 0.05) is 20.0 Å². The predicted molar refractivity (Wildman–Crippen MR) is 76.7 cm³/mol. The van der Waals surface area contributed by atoms with Gasteiger partial charge in [0.05, 0.1) is 11.9 Å². The van der Waals surface area contributed by atoms with E-state index in [4.69, 9.17) is 0 Å². The Morgan fingerprint density at radius 2 is 1.84 bits per heavy atom. The minimum atomic E-state index is -3.33. The van der Waals surface area contributed by atoms with Crippen LogP contribution in [-0.2, 0) is 14.8 Å². The summed E-state index contributed by atoms with van der Waals surface area (Å²) in [6, 6.07) is 7.28. The molecular weight excluding hydrogens is 264 g/mol. The van der Waals surface area contributed by atoms with Crippen LogP contribution in [0.15, 0.2) is 24.3 Å². The van der Waals surface area contributed by atoms with E-state index in [0.717, 1.165) is 5.56 Å². The van der Waals surface area contributed by atoms with Crippen LogP contribution in [-0.4, -0.2) is 34.2 Å². The smallest absolute Gasteiger partial charge is 0.232 e. The minimum Gasteiger partial charge on any atom is -0.359 e. The summed E-state index contributed by atoms with van der Waals surface area (Å²) in [5, 5.41) is 2.52. The number of carbonyl (C=O) groups excluding carboxylic acids is 1. The molecule has 1 amide bonds. The first-order chi connectivity index (χ1) is 8.84. The molecule has 19 heavy (non-hydrogen) atoms. The molecule has 0 atom stereocenters. The Hall–Kier alpha value is -1.56. The Kier molecular flexibility index (Phi) is 5.35. The van der Waals surface area contributed by atoms with Crippen molar-refractivity contribution in [3.63, 3.8) is 0 Å². The van der Waals surface area contributed by atoms with Gasteiger partial charge in [0.15, 0.2) is 0 Å². The monoisotopic (exact) mass is 284 g/mol. The van der Waals surface area contributed by atoms with Crippen LogP contribution in [0.25, 0.3) is 0 Å². The van der Waals surface area contributed by atoms with Crippen LogP contribution in [0, 0.1) is 6.92 Å². The molecule has 1 aromatic carbocycles. The SMILES string of the molecule is CNC(=O)CCCN(c1ccc(C)cc1)S(C)(=O)=O. The van der Waals surface area contributed by atoms with Gasteiger partial charge >= 0.3 is 0 Å². The number of anilines is 1. The molecule has 0 unspecified atom stereocenters. The van der Waals surface area contributed by atoms with Crippen LogP contribution in [0.4, 0.5) is 5.69 Å². The third-order valence-electron chi connectivity index (χ3n) is 2.77. The number of aryl methyl sites for hydroxylation is 1. The molecule has 0 radical (unpaired) electrons. The summed E-state index contributed by atoms with van der Waals surface area (Å²) in [5.41, 5.74) is 1.70. The number of hydrogen-bond donors (Lipinski definition) is 1. The van der Waals surface area contributed by atoms with Crippen molar-refractivity contribution in [3.8, 4) is 0 Å². The number of amides is 1. The normalized spacial score (nSPS) is 11.1. The Morgan fingerprint density at radius 3 is 2.32 bits per heavy atom. The summed E-state index contributed by atoms with van der Waals surface area (Å²) in [4.78, 5) is 11.1. The van der Waals surface area contributed by atoms with Gasteiger partial charge in [0.1, 0.15) is 0 Å². The van der Waals surface area contributed by atoms with Gasteiger partial charge in [0.25, 0.3) is 0 Å². The van der Waals surface area contributed by atoms with Crippen LogP contribution in [0.1, 0.15) is 18.4 Å². The molecular formula is C13H20N2O3S. The summed E-state index contributed by atoms with van der Waals surface area (Å²) in [6.07, 6.45) is 1.97. The fourth-order valence-corrected chi connectivity index (χ4v) is 2.67. The van der Waals surface area contributed by atoms with Crippen LogP contribution >= 0.6 is 0 Å². The maximum absolute atomic E-state index is 11.8. The quantitative estimate of drug-likeness (QED) is 0.856. The third kappa shape index (κ3) is 4.90. The molecule has 0 heterocycles. The van der Waals surface area contributed by atoms with Crippen LogP contribution in [0.5, 0.6) is 0 Å². The van der Waals surface area contributed by atoms with Crippen molar-refractivity contribution in [3.05, 3.63) is 29.8 Å². The highest BCUT2D eigenvalue weighted by atomic mass is 32.2. The second-order valence-electron chi connectivity index (χ2n) is 4.45. The minimum absolute atomic E-state index is 0.0858. The van der Waals surface area contributed by atoms with Crippen LogP contribution in [0.3, 0.4) is 0 Å². The fraction of sp³-hybridized carbons (Fsp3) is 0.462. The van der Waals surface area contributed by atoms with Crippen molar-refractivity contribution in [1.29, 1.82) is 0 Å². The number of sulfonamides is 1. The maximum Gasteiger partial charge on any atom is 0.232 e. The second-order valence-corrected chi connectivity index (χ2v) is 6.35. The zero-order valence-electron chi connectivity index (χ0n) is 11.5. The van der Waals surface area contributed by atoms with Gasteiger partial charge in [-0.1, -0.05) is 17.7 Å². The molecule has 0 saturated carbocycles. The summed E-state index contributed by atoms with van der Waals surface area (Å²) < 4.78 is 24.9. The molecule has 0 aliphatic carbocycles. The number of nitrogens with zero attached hydrogens (tertiary/aromatic N) is 1. The fourth-order valence-electron chi connectivity index (χ4n) is 1.71. The first-order valence-electron chi connectivity index (χ1n) is 6.09. The summed E-state index contributed by atoms with van der Waals surface area (Å²) in [7, 11) is -1.77. The molecule has 0 aliphatic rings. The van der Waals surface area contributed by atoms with E-state index in [1.54, 1.807) is 19.2 Å². The van der Waals surface area contributed by atoms with Crippen molar-refractivity contribution in [2.45, 2.75) is 19.8 Å². The van der Waals surface area contributed by atoms with Gasteiger partial charge < -0.3 is 5.32 Å². The van der Waals surface area contributed by atoms with E-state index in [2.05, 4.69) is 5.32 Å². The molecule has 5 nitrogen and oxygen atoms in total. The van der Waals surface area contributed by atoms with Gasteiger partial charge in [-0.25, -0.2) is 8.42 Å². The highest BCUT2D eigenvalue weighted by Crippen LogP contribution is 2.18. The molecule has 0 aromatic heterocycles. The first-order valence-corrected chi connectivity index (χ1v) is 7.94. The average molecular weight is 284 g/mol. The lowest BCUT2D eigenvalue weighted by molar-refractivity contribution is -0.120. The van der Waals surface area contributed by atoms with Crippen LogP contribution in [0.2, 0.25) is 0 Å². The van der Waals surface area contributed by atoms with Gasteiger partial charge in [-0.05, 0) is 25.5 Å². The van der Waals surface area contributed by atoms with Gasteiger partial charge in [-0.15, -0.1) is 0 Å². The van der Waals surface area contributed by atoms with E-state index in [9.17, 15) is 13.2 Å². The van der Waals surface area contributed by atoms with E-state index in [-0.39, 0.29) is 5.91 Å². The van der Waals surface area contributed by atoms with E-state index >= 15 is 0 Å². The Balaban J connectivity index is 2.79. The van der Waals surface area contributed by atoms with Crippen molar-refractivity contribution < 1.29 is 13.2 Å². The highest BCUT2D eigenvalue weighted by molar-refractivity contribution is 7.92. The highest BCUT2D eigenvalue weighted by Gasteiger charge is 2.17. The van der Waals surface area contributed by atoms with E-state index in [0.29, 0.717) is 25.1 Å². The molecule has 106 valence electrons. The molecule has 1 rings (SSSR count). The largest absolute Gasteiger partial charge is 0.359 e. The summed E-state index contributed by atoms with van der Waals surface area (Å²) in [5.74, 6) is -0.0858. The topological polar surface area (TPSA) is 66.5 Å². The number of hydrogen-bond acceptors (Lipinski definition) is 3. The van der Waals surface area contributed by atoms with E-state index in [1.165, 1.54) is 10.6 Å². The van der Waals surface area contributed by atoms with Gasteiger partial charge in [-0.3, -0.25) is 9.10 Å². The lowest BCUT2D eigenvalue weighted by atomic mass is 10.2. The Bertz CT molecular complexity index is 523. The number of benzene rings is 1.